The van der Waals surface area contributed by atoms with E-state index in [1.165, 1.54) is 37.4 Å². The largest absolute Gasteiger partial charge is 0.356 e. The summed E-state index contributed by atoms with van der Waals surface area (Å²) in [6.45, 7) is 10.2. The zero-order valence-corrected chi connectivity index (χ0v) is 17.7. The zero-order valence-electron chi connectivity index (χ0n) is 14.5. The van der Waals surface area contributed by atoms with Crippen LogP contribution in [0.15, 0.2) is 22.5 Å². The van der Waals surface area contributed by atoms with E-state index in [0.29, 0.717) is 5.92 Å². The highest BCUT2D eigenvalue weighted by Gasteiger charge is 2.21. The molecule has 2 atom stereocenters. The number of hydrogen-bond donors (Lipinski definition) is 2. The number of likely N-dealkylation sites (tertiary alicyclic amines) is 1. The minimum absolute atomic E-state index is 0. The van der Waals surface area contributed by atoms with Crippen molar-refractivity contribution in [1.29, 1.82) is 0 Å². The van der Waals surface area contributed by atoms with Crippen molar-refractivity contribution in [2.75, 3.05) is 39.8 Å². The van der Waals surface area contributed by atoms with Crippen LogP contribution < -0.4 is 10.6 Å². The quantitative estimate of drug-likeness (QED) is 0.380. The van der Waals surface area contributed by atoms with Gasteiger partial charge in [0, 0.05) is 37.5 Å². The lowest BCUT2D eigenvalue weighted by atomic mass is 10.1. The number of rotatable bonds is 7. The molecule has 0 spiro atoms. The number of nitrogens with one attached hydrogen (secondary N) is 2. The molecule has 1 saturated heterocycles. The highest BCUT2D eigenvalue weighted by atomic mass is 127. The first-order chi connectivity index (χ1) is 10.7. The topological polar surface area (TPSA) is 39.7 Å². The Morgan fingerprint density at radius 2 is 2.30 bits per heavy atom. The van der Waals surface area contributed by atoms with Gasteiger partial charge in [-0.3, -0.25) is 4.99 Å². The van der Waals surface area contributed by atoms with E-state index in [4.69, 9.17) is 0 Å². The van der Waals surface area contributed by atoms with Gasteiger partial charge in [-0.15, -0.1) is 35.3 Å². The van der Waals surface area contributed by atoms with Crippen LogP contribution in [-0.4, -0.2) is 50.6 Å². The molecule has 23 heavy (non-hydrogen) atoms. The summed E-state index contributed by atoms with van der Waals surface area (Å²) in [5, 5.41) is 9.08. The van der Waals surface area contributed by atoms with Crippen LogP contribution in [0.2, 0.25) is 0 Å². The molecular formula is C17H31IN4S. The maximum atomic E-state index is 4.34. The summed E-state index contributed by atoms with van der Waals surface area (Å²) in [7, 11) is 1.85. The minimum atomic E-state index is 0. The Balaban J connectivity index is 0.00000264. The van der Waals surface area contributed by atoms with Crippen molar-refractivity contribution in [1.82, 2.24) is 15.5 Å². The smallest absolute Gasteiger partial charge is 0.191 e. The Bertz CT molecular complexity index is 449. The van der Waals surface area contributed by atoms with E-state index in [0.717, 1.165) is 25.0 Å². The molecule has 0 radical (unpaired) electrons. The van der Waals surface area contributed by atoms with E-state index in [-0.39, 0.29) is 24.0 Å². The van der Waals surface area contributed by atoms with Gasteiger partial charge in [0.1, 0.15) is 0 Å². The second-order valence-electron chi connectivity index (χ2n) is 6.21. The van der Waals surface area contributed by atoms with Crippen molar-refractivity contribution in [2.45, 2.75) is 32.6 Å². The Morgan fingerprint density at radius 1 is 1.48 bits per heavy atom. The molecule has 0 bridgehead atoms. The monoisotopic (exact) mass is 450 g/mol. The third-order valence-electron chi connectivity index (χ3n) is 4.30. The SMILES string of the molecule is CCCN1CCC(CNC(=NC)NCC(C)c2cccs2)C1.I. The molecular weight excluding hydrogens is 419 g/mol. The lowest BCUT2D eigenvalue weighted by Gasteiger charge is -2.18. The third kappa shape index (κ3) is 6.97. The normalized spacial score (nSPS) is 20.1. The number of hydrogen-bond acceptors (Lipinski definition) is 3. The van der Waals surface area contributed by atoms with E-state index in [9.17, 15) is 0 Å². The lowest BCUT2D eigenvalue weighted by molar-refractivity contribution is 0.324. The molecule has 132 valence electrons. The van der Waals surface area contributed by atoms with Crippen molar-refractivity contribution in [3.8, 4) is 0 Å². The van der Waals surface area contributed by atoms with Crippen molar-refractivity contribution in [3.63, 3.8) is 0 Å². The summed E-state index contributed by atoms with van der Waals surface area (Å²) < 4.78 is 0. The molecule has 2 rings (SSSR count). The molecule has 2 unspecified atom stereocenters. The van der Waals surface area contributed by atoms with E-state index < -0.39 is 0 Å². The van der Waals surface area contributed by atoms with Crippen LogP contribution >= 0.6 is 35.3 Å². The highest BCUT2D eigenvalue weighted by Crippen LogP contribution is 2.19. The molecule has 4 nitrogen and oxygen atoms in total. The van der Waals surface area contributed by atoms with Gasteiger partial charge in [-0.25, -0.2) is 0 Å². The summed E-state index contributed by atoms with van der Waals surface area (Å²) in [5.74, 6) is 2.20. The Labute approximate surface area is 162 Å². The average molecular weight is 450 g/mol. The summed E-state index contributed by atoms with van der Waals surface area (Å²) in [5.41, 5.74) is 0. The molecule has 0 saturated carbocycles. The number of halogens is 1. The number of nitrogens with zero attached hydrogens (tertiary/aromatic N) is 2. The van der Waals surface area contributed by atoms with Crippen LogP contribution in [0, 0.1) is 5.92 Å². The van der Waals surface area contributed by atoms with Gasteiger partial charge >= 0.3 is 0 Å². The molecule has 2 heterocycles. The molecule has 1 aliphatic heterocycles. The summed E-state index contributed by atoms with van der Waals surface area (Å²) in [6, 6.07) is 4.32. The third-order valence-corrected chi connectivity index (χ3v) is 5.40. The molecule has 2 N–H and O–H groups in total. The fourth-order valence-electron chi connectivity index (χ4n) is 2.98. The summed E-state index contributed by atoms with van der Waals surface area (Å²) >= 11 is 1.82. The van der Waals surface area contributed by atoms with Crippen LogP contribution in [-0.2, 0) is 0 Å². The Kier molecular flexibility index (Phi) is 10.1. The minimum Gasteiger partial charge on any atom is -0.356 e. The van der Waals surface area contributed by atoms with E-state index in [2.05, 4.69) is 51.9 Å². The molecule has 0 aliphatic carbocycles. The number of thiophene rings is 1. The lowest BCUT2D eigenvalue weighted by Crippen LogP contribution is -2.41. The maximum Gasteiger partial charge on any atom is 0.191 e. The van der Waals surface area contributed by atoms with Gasteiger partial charge in [-0.1, -0.05) is 19.9 Å². The molecule has 6 heteroatoms. The first-order valence-electron chi connectivity index (χ1n) is 8.43. The van der Waals surface area contributed by atoms with Crippen LogP contribution in [0.3, 0.4) is 0 Å². The molecule has 0 amide bonds. The average Bonchev–Trinajstić information content (AvgIpc) is 3.19. The van der Waals surface area contributed by atoms with E-state index in [1.54, 1.807) is 0 Å². The predicted octanol–water partition coefficient (Wildman–Crippen LogP) is 3.37. The standard InChI is InChI=1S/C17H30N4S.HI/c1-4-8-21-9-7-15(13-21)12-20-17(18-3)19-11-14(2)16-6-5-10-22-16;/h5-6,10,14-15H,4,7-9,11-13H2,1-3H3,(H2,18,19,20);1H. The van der Waals surface area contributed by atoms with E-state index >= 15 is 0 Å². The van der Waals surface area contributed by atoms with Gasteiger partial charge in [0.2, 0.25) is 0 Å². The summed E-state index contributed by atoms with van der Waals surface area (Å²) in [6.07, 6.45) is 2.56. The predicted molar refractivity (Wildman–Crippen MR) is 112 cm³/mol. The van der Waals surface area contributed by atoms with Gasteiger partial charge < -0.3 is 15.5 Å². The van der Waals surface area contributed by atoms with Gasteiger partial charge in [0.15, 0.2) is 5.96 Å². The van der Waals surface area contributed by atoms with Crippen molar-refractivity contribution >= 4 is 41.3 Å². The summed E-state index contributed by atoms with van der Waals surface area (Å²) in [4.78, 5) is 8.34. The van der Waals surface area contributed by atoms with Crippen LogP contribution in [0.4, 0.5) is 0 Å². The van der Waals surface area contributed by atoms with Gasteiger partial charge in [-0.05, 0) is 43.3 Å². The van der Waals surface area contributed by atoms with E-state index in [1.807, 2.05) is 18.4 Å². The zero-order chi connectivity index (χ0) is 15.8. The molecule has 1 aromatic heterocycles. The fraction of sp³-hybridized carbons (Fsp3) is 0.706. The van der Waals surface area contributed by atoms with Gasteiger partial charge in [0.05, 0.1) is 0 Å². The Hall–Kier alpha value is -0.340. The maximum absolute atomic E-state index is 4.34. The van der Waals surface area contributed by atoms with Crippen molar-refractivity contribution < 1.29 is 0 Å². The van der Waals surface area contributed by atoms with Crippen LogP contribution in [0.1, 0.15) is 37.5 Å². The first kappa shape index (κ1) is 20.7. The number of aliphatic imine (C=N–C) groups is 1. The van der Waals surface area contributed by atoms with Crippen molar-refractivity contribution in [2.24, 2.45) is 10.9 Å². The second-order valence-corrected chi connectivity index (χ2v) is 7.19. The Morgan fingerprint density at radius 3 is 2.96 bits per heavy atom. The number of guanidine groups is 1. The highest BCUT2D eigenvalue weighted by molar-refractivity contribution is 14.0. The van der Waals surface area contributed by atoms with Gasteiger partial charge in [-0.2, -0.15) is 0 Å². The molecule has 1 aliphatic rings. The molecule has 1 fully saturated rings. The van der Waals surface area contributed by atoms with Crippen molar-refractivity contribution in [3.05, 3.63) is 22.4 Å². The second kappa shape index (κ2) is 11.3. The fourth-order valence-corrected chi connectivity index (χ4v) is 3.77. The van der Waals surface area contributed by atoms with Crippen LogP contribution in [0.25, 0.3) is 0 Å². The first-order valence-corrected chi connectivity index (χ1v) is 9.31. The molecule has 1 aromatic rings. The molecule has 0 aromatic carbocycles. The van der Waals surface area contributed by atoms with Crippen LogP contribution in [0.5, 0.6) is 0 Å². The van der Waals surface area contributed by atoms with Gasteiger partial charge in [0.25, 0.3) is 0 Å².